The summed E-state index contributed by atoms with van der Waals surface area (Å²) >= 11 is 0. The lowest BCUT2D eigenvalue weighted by Gasteiger charge is -2.12. The zero-order valence-corrected chi connectivity index (χ0v) is 10.6. The summed E-state index contributed by atoms with van der Waals surface area (Å²) in [6.45, 7) is 0.652. The van der Waals surface area contributed by atoms with Gasteiger partial charge in [0.05, 0.1) is 7.11 Å². The molecule has 1 aromatic rings. The average Bonchev–Trinajstić information content (AvgIpc) is 2.17. The summed E-state index contributed by atoms with van der Waals surface area (Å²) < 4.78 is 42.2. The van der Waals surface area contributed by atoms with Crippen LogP contribution in [-0.4, -0.2) is 34.5 Å². The van der Waals surface area contributed by atoms with Gasteiger partial charge in [-0.3, -0.25) is 0 Å². The molecule has 0 saturated carbocycles. The maximum atomic E-state index is 12.4. The van der Waals surface area contributed by atoms with Crippen molar-refractivity contribution in [1.29, 1.82) is 0 Å². The van der Waals surface area contributed by atoms with Crippen LogP contribution in [0.3, 0.4) is 0 Å². The van der Waals surface area contributed by atoms with Gasteiger partial charge in [-0.2, -0.15) is 8.42 Å². The molecule has 0 unspecified atom stereocenters. The van der Waals surface area contributed by atoms with Crippen LogP contribution >= 0.6 is 0 Å². The molecule has 7 heteroatoms. The minimum Gasteiger partial charge on any atom is -0.493 e. The third-order valence-electron chi connectivity index (χ3n) is 1.92. The molecule has 0 N–H and O–H groups in total. The van der Waals surface area contributed by atoms with E-state index < -0.39 is 10.5 Å². The lowest BCUT2D eigenvalue weighted by molar-refractivity contribution is 0.376. The molecule has 0 amide bonds. The molecule has 1 rings (SSSR count). The normalized spacial score (nSPS) is 11.6. The van der Waals surface area contributed by atoms with Crippen molar-refractivity contribution in [3.63, 3.8) is 0 Å². The number of hydrogen-bond donors (Lipinski definition) is 0. The summed E-state index contributed by atoms with van der Waals surface area (Å²) in [5, 5.41) is 0. The topological polar surface area (TPSA) is 55.8 Å². The Morgan fingerprint density at radius 3 is 2.41 bits per heavy atom. The highest BCUT2D eigenvalue weighted by Crippen LogP contribution is 2.29. The van der Waals surface area contributed by atoms with Crippen molar-refractivity contribution in [2.45, 2.75) is 6.54 Å². The number of nitrogens with zero attached hydrogens (tertiary/aromatic N) is 1. The van der Waals surface area contributed by atoms with Crippen LogP contribution in [0.1, 0.15) is 5.56 Å². The molecule has 17 heavy (non-hydrogen) atoms. The minimum atomic E-state index is -5.04. The molecule has 0 saturated heterocycles. The van der Waals surface area contributed by atoms with Crippen molar-refractivity contribution >= 4 is 10.5 Å². The second kappa shape index (κ2) is 5.33. The SMILES string of the molecule is COc1cc(CN(C)C)ccc1OS(=O)(=O)F. The molecule has 0 atom stereocenters. The van der Waals surface area contributed by atoms with Gasteiger partial charge >= 0.3 is 10.5 Å². The third-order valence-corrected chi connectivity index (χ3v) is 2.29. The van der Waals surface area contributed by atoms with Crippen LogP contribution in [0, 0.1) is 0 Å². The number of benzene rings is 1. The van der Waals surface area contributed by atoms with Gasteiger partial charge in [0.2, 0.25) is 0 Å². The van der Waals surface area contributed by atoms with Gasteiger partial charge in [0.25, 0.3) is 0 Å². The zero-order chi connectivity index (χ0) is 13.1. The Hall–Kier alpha value is -1.34. The second-order valence-corrected chi connectivity index (χ2v) is 4.65. The smallest absolute Gasteiger partial charge is 0.488 e. The zero-order valence-electron chi connectivity index (χ0n) is 9.81. The van der Waals surface area contributed by atoms with Gasteiger partial charge in [0.1, 0.15) is 0 Å². The molecule has 0 aliphatic rings. The number of halogens is 1. The van der Waals surface area contributed by atoms with E-state index in [1.165, 1.54) is 13.2 Å². The summed E-state index contributed by atoms with van der Waals surface area (Å²) in [5.74, 6) is 0.00285. The first-order chi connectivity index (χ1) is 7.81. The van der Waals surface area contributed by atoms with Crippen LogP contribution < -0.4 is 8.92 Å². The molecular weight excluding hydrogens is 249 g/mol. The van der Waals surface area contributed by atoms with Crippen LogP contribution in [0.4, 0.5) is 3.89 Å². The molecular formula is C10H14FNO4S. The Bertz CT molecular complexity index is 487. The maximum Gasteiger partial charge on any atom is 0.488 e. The van der Waals surface area contributed by atoms with Crippen LogP contribution in [0.5, 0.6) is 11.5 Å². The number of ether oxygens (including phenoxy) is 1. The van der Waals surface area contributed by atoms with Crippen LogP contribution in [0.2, 0.25) is 0 Å². The highest BCUT2D eigenvalue weighted by Gasteiger charge is 2.14. The van der Waals surface area contributed by atoms with Crippen LogP contribution in [0.15, 0.2) is 18.2 Å². The van der Waals surface area contributed by atoms with Crippen molar-refractivity contribution in [1.82, 2.24) is 4.90 Å². The van der Waals surface area contributed by atoms with Gasteiger partial charge in [0.15, 0.2) is 11.5 Å². The molecule has 0 bridgehead atoms. The van der Waals surface area contributed by atoms with Crippen molar-refractivity contribution in [3.8, 4) is 11.5 Å². The average molecular weight is 263 g/mol. The fourth-order valence-corrected chi connectivity index (χ4v) is 1.70. The fourth-order valence-electron chi connectivity index (χ4n) is 1.35. The van der Waals surface area contributed by atoms with E-state index in [2.05, 4.69) is 4.18 Å². The molecule has 0 aromatic heterocycles. The Balaban J connectivity index is 3.01. The van der Waals surface area contributed by atoms with Crippen molar-refractivity contribution < 1.29 is 21.2 Å². The standard InChI is InChI=1S/C10H14FNO4S/c1-12(2)7-8-4-5-9(10(6-8)15-3)16-17(11,13)14/h4-6H,7H2,1-3H3. The Morgan fingerprint density at radius 2 is 1.94 bits per heavy atom. The third kappa shape index (κ3) is 4.58. The Labute approximate surface area is 100 Å². The molecule has 0 aliphatic carbocycles. The molecule has 96 valence electrons. The van der Waals surface area contributed by atoms with E-state index in [0.717, 1.165) is 5.56 Å². The summed E-state index contributed by atoms with van der Waals surface area (Å²) in [6.07, 6.45) is 0. The van der Waals surface area contributed by atoms with E-state index in [-0.39, 0.29) is 11.5 Å². The highest BCUT2D eigenvalue weighted by atomic mass is 32.3. The fraction of sp³-hybridized carbons (Fsp3) is 0.400. The summed E-state index contributed by atoms with van der Waals surface area (Å²) in [7, 11) is 0.101. The number of rotatable bonds is 5. The lowest BCUT2D eigenvalue weighted by Crippen LogP contribution is -2.11. The molecule has 0 fully saturated rings. The van der Waals surface area contributed by atoms with Crippen LogP contribution in [0.25, 0.3) is 0 Å². The van der Waals surface area contributed by atoms with Crippen molar-refractivity contribution in [2.24, 2.45) is 0 Å². The van der Waals surface area contributed by atoms with Gasteiger partial charge in [-0.1, -0.05) is 9.95 Å². The first-order valence-corrected chi connectivity index (χ1v) is 6.08. The van der Waals surface area contributed by atoms with Crippen molar-refractivity contribution in [3.05, 3.63) is 23.8 Å². The molecule has 0 aliphatic heterocycles. The van der Waals surface area contributed by atoms with Gasteiger partial charge < -0.3 is 13.8 Å². The van der Waals surface area contributed by atoms with Crippen LogP contribution in [-0.2, 0) is 17.0 Å². The molecule has 1 aromatic carbocycles. The summed E-state index contributed by atoms with van der Waals surface area (Å²) in [4.78, 5) is 1.93. The highest BCUT2D eigenvalue weighted by molar-refractivity contribution is 7.81. The Morgan fingerprint density at radius 1 is 1.29 bits per heavy atom. The predicted octanol–water partition coefficient (Wildman–Crippen LogP) is 1.35. The van der Waals surface area contributed by atoms with Gasteiger partial charge in [-0.15, -0.1) is 0 Å². The van der Waals surface area contributed by atoms with Gasteiger partial charge in [-0.05, 0) is 31.8 Å². The molecule has 0 radical (unpaired) electrons. The van der Waals surface area contributed by atoms with E-state index in [1.54, 1.807) is 12.1 Å². The summed E-state index contributed by atoms with van der Waals surface area (Å²) in [6, 6.07) is 4.60. The first-order valence-electron chi connectivity index (χ1n) is 4.77. The van der Waals surface area contributed by atoms with E-state index in [9.17, 15) is 12.3 Å². The maximum absolute atomic E-state index is 12.4. The monoisotopic (exact) mass is 263 g/mol. The Kier molecular flexibility index (Phi) is 4.30. The second-order valence-electron chi connectivity index (χ2n) is 3.70. The van der Waals surface area contributed by atoms with E-state index in [1.807, 2.05) is 19.0 Å². The molecule has 0 spiro atoms. The minimum absolute atomic E-state index is 0.169. The first kappa shape index (κ1) is 13.7. The van der Waals surface area contributed by atoms with E-state index in [0.29, 0.717) is 6.54 Å². The molecule has 0 heterocycles. The number of hydrogen-bond acceptors (Lipinski definition) is 5. The summed E-state index contributed by atoms with van der Waals surface area (Å²) in [5.41, 5.74) is 0.899. The van der Waals surface area contributed by atoms with Gasteiger partial charge in [0, 0.05) is 6.54 Å². The van der Waals surface area contributed by atoms with Crippen molar-refractivity contribution in [2.75, 3.05) is 21.2 Å². The number of methoxy groups -OCH3 is 1. The predicted molar refractivity (Wildman–Crippen MR) is 61.0 cm³/mol. The van der Waals surface area contributed by atoms with E-state index >= 15 is 0 Å². The lowest BCUT2D eigenvalue weighted by atomic mass is 10.2. The van der Waals surface area contributed by atoms with E-state index in [4.69, 9.17) is 4.74 Å². The van der Waals surface area contributed by atoms with Gasteiger partial charge in [-0.25, -0.2) is 0 Å². The largest absolute Gasteiger partial charge is 0.493 e. The quantitative estimate of drug-likeness (QED) is 0.751. The molecule has 5 nitrogen and oxygen atoms in total.